The number of hydrogen-bond donors (Lipinski definition) is 1. The largest absolute Gasteiger partial charge is 0.496 e. The van der Waals surface area contributed by atoms with Crippen LogP contribution in [0.1, 0.15) is 34.5 Å². The molecule has 0 aliphatic heterocycles. The molecule has 0 aromatic heterocycles. The summed E-state index contributed by atoms with van der Waals surface area (Å²) in [5.41, 5.74) is 0.0144. The van der Waals surface area contributed by atoms with Gasteiger partial charge in [0.25, 0.3) is 5.91 Å². The monoisotopic (exact) mass is 401 g/mol. The van der Waals surface area contributed by atoms with E-state index in [4.69, 9.17) is 4.74 Å². The molecule has 0 bridgehead atoms. The molecular formula is C17H15BrF3NO2. The van der Waals surface area contributed by atoms with Crippen molar-refractivity contribution in [3.05, 3.63) is 63.6 Å². The van der Waals surface area contributed by atoms with Gasteiger partial charge in [-0.15, -0.1) is 0 Å². The first-order valence-electron chi connectivity index (χ1n) is 7.04. The van der Waals surface area contributed by atoms with Gasteiger partial charge < -0.3 is 10.1 Å². The van der Waals surface area contributed by atoms with E-state index in [9.17, 15) is 18.0 Å². The van der Waals surface area contributed by atoms with E-state index < -0.39 is 17.8 Å². The Morgan fingerprint density at radius 3 is 2.50 bits per heavy atom. The summed E-state index contributed by atoms with van der Waals surface area (Å²) in [5.74, 6) is 0.195. The zero-order chi connectivity index (χ0) is 17.9. The lowest BCUT2D eigenvalue weighted by Gasteiger charge is -2.16. The van der Waals surface area contributed by atoms with Gasteiger partial charge in [-0.3, -0.25) is 4.79 Å². The summed E-state index contributed by atoms with van der Waals surface area (Å²) < 4.78 is 44.0. The summed E-state index contributed by atoms with van der Waals surface area (Å²) in [6.07, 6.45) is -4.42. The molecule has 0 radical (unpaired) electrons. The SMILES string of the molecule is COc1ccc(C(=O)NC(C)c2cccc(C(F)(F)F)c2)cc1Br. The Morgan fingerprint density at radius 2 is 1.92 bits per heavy atom. The fraction of sp³-hybridized carbons (Fsp3) is 0.235. The first-order valence-corrected chi connectivity index (χ1v) is 7.83. The molecule has 0 aliphatic carbocycles. The predicted octanol–water partition coefficient (Wildman–Crippen LogP) is 4.97. The summed E-state index contributed by atoms with van der Waals surface area (Å²) in [5, 5.41) is 2.69. The molecule has 1 N–H and O–H groups in total. The third-order valence-electron chi connectivity index (χ3n) is 3.48. The molecular weight excluding hydrogens is 387 g/mol. The number of carbonyl (C=O) groups excluding carboxylic acids is 1. The van der Waals surface area contributed by atoms with Crippen molar-refractivity contribution in [1.29, 1.82) is 0 Å². The molecule has 2 aromatic carbocycles. The van der Waals surface area contributed by atoms with Crippen molar-refractivity contribution < 1.29 is 22.7 Å². The number of halogens is 4. The summed E-state index contributed by atoms with van der Waals surface area (Å²) >= 11 is 3.29. The molecule has 0 saturated carbocycles. The highest BCUT2D eigenvalue weighted by atomic mass is 79.9. The molecule has 3 nitrogen and oxygen atoms in total. The minimum Gasteiger partial charge on any atom is -0.496 e. The van der Waals surface area contributed by atoms with Crippen molar-refractivity contribution in [2.24, 2.45) is 0 Å². The van der Waals surface area contributed by atoms with Crippen molar-refractivity contribution in [3.63, 3.8) is 0 Å². The molecule has 1 amide bonds. The van der Waals surface area contributed by atoms with Crippen LogP contribution >= 0.6 is 15.9 Å². The Kier molecular flexibility index (Phi) is 5.54. The van der Waals surface area contributed by atoms with Gasteiger partial charge in [0, 0.05) is 5.56 Å². The standard InChI is InChI=1S/C17H15BrF3NO2/c1-10(11-4-3-5-13(8-11)17(19,20)21)22-16(23)12-6-7-15(24-2)14(18)9-12/h3-10H,1-2H3,(H,22,23). The van der Waals surface area contributed by atoms with E-state index >= 15 is 0 Å². The Bertz CT molecular complexity index is 747. The molecule has 1 unspecified atom stereocenters. The predicted molar refractivity (Wildman–Crippen MR) is 88.0 cm³/mol. The van der Waals surface area contributed by atoms with Gasteiger partial charge in [-0.1, -0.05) is 12.1 Å². The Labute approximate surface area is 146 Å². The maximum absolute atomic E-state index is 12.8. The second-order valence-electron chi connectivity index (χ2n) is 5.17. The van der Waals surface area contributed by atoms with E-state index in [-0.39, 0.29) is 5.91 Å². The van der Waals surface area contributed by atoms with E-state index in [1.165, 1.54) is 13.2 Å². The third-order valence-corrected chi connectivity index (χ3v) is 4.10. The van der Waals surface area contributed by atoms with Gasteiger partial charge in [-0.2, -0.15) is 13.2 Å². The van der Waals surface area contributed by atoms with Gasteiger partial charge in [0.15, 0.2) is 0 Å². The van der Waals surface area contributed by atoms with Crippen molar-refractivity contribution in [2.75, 3.05) is 7.11 Å². The van der Waals surface area contributed by atoms with Crippen LogP contribution in [0.25, 0.3) is 0 Å². The molecule has 0 spiro atoms. The van der Waals surface area contributed by atoms with Crippen LogP contribution in [0, 0.1) is 0 Å². The van der Waals surface area contributed by atoms with Crippen molar-refractivity contribution in [3.8, 4) is 5.75 Å². The second-order valence-corrected chi connectivity index (χ2v) is 6.02. The van der Waals surface area contributed by atoms with Gasteiger partial charge in [0.2, 0.25) is 0 Å². The number of rotatable bonds is 4. The smallest absolute Gasteiger partial charge is 0.416 e. The van der Waals surface area contributed by atoms with Crippen molar-refractivity contribution in [2.45, 2.75) is 19.1 Å². The number of nitrogens with one attached hydrogen (secondary N) is 1. The lowest BCUT2D eigenvalue weighted by Crippen LogP contribution is -2.26. The van der Waals surface area contributed by atoms with Gasteiger partial charge >= 0.3 is 6.18 Å². The number of alkyl halides is 3. The molecule has 1 atom stereocenters. The van der Waals surface area contributed by atoms with E-state index in [1.807, 2.05) is 0 Å². The molecule has 7 heteroatoms. The lowest BCUT2D eigenvalue weighted by molar-refractivity contribution is -0.137. The van der Waals surface area contributed by atoms with Crippen LogP contribution in [0.15, 0.2) is 46.9 Å². The molecule has 0 heterocycles. The number of methoxy groups -OCH3 is 1. The molecule has 2 aromatic rings. The zero-order valence-corrected chi connectivity index (χ0v) is 14.5. The highest BCUT2D eigenvalue weighted by Gasteiger charge is 2.30. The lowest BCUT2D eigenvalue weighted by atomic mass is 10.0. The maximum atomic E-state index is 12.8. The average molecular weight is 402 g/mol. The fourth-order valence-electron chi connectivity index (χ4n) is 2.16. The van der Waals surface area contributed by atoms with Gasteiger partial charge in [0.1, 0.15) is 5.75 Å². The molecule has 128 valence electrons. The van der Waals surface area contributed by atoms with Crippen LogP contribution in [0.2, 0.25) is 0 Å². The van der Waals surface area contributed by atoms with E-state index in [0.29, 0.717) is 21.3 Å². The molecule has 0 aliphatic rings. The third kappa shape index (κ3) is 4.29. The normalized spacial score (nSPS) is 12.6. The van der Waals surface area contributed by atoms with E-state index in [0.717, 1.165) is 12.1 Å². The minimum absolute atomic E-state index is 0.376. The number of ether oxygens (including phenoxy) is 1. The maximum Gasteiger partial charge on any atom is 0.416 e. The Hall–Kier alpha value is -2.02. The average Bonchev–Trinajstić information content (AvgIpc) is 2.54. The minimum atomic E-state index is -4.42. The fourth-order valence-corrected chi connectivity index (χ4v) is 2.70. The summed E-state index contributed by atoms with van der Waals surface area (Å²) in [6.45, 7) is 1.63. The summed E-state index contributed by atoms with van der Waals surface area (Å²) in [7, 11) is 1.51. The summed E-state index contributed by atoms with van der Waals surface area (Å²) in [6, 6.07) is 9.14. The van der Waals surface area contributed by atoms with Crippen LogP contribution in [0.4, 0.5) is 13.2 Å². The van der Waals surface area contributed by atoms with Crippen LogP contribution in [0.5, 0.6) is 5.75 Å². The van der Waals surface area contributed by atoms with Crippen LogP contribution in [-0.4, -0.2) is 13.0 Å². The molecule has 2 rings (SSSR count). The Morgan fingerprint density at radius 1 is 1.21 bits per heavy atom. The van der Waals surface area contributed by atoms with Crippen LogP contribution < -0.4 is 10.1 Å². The van der Waals surface area contributed by atoms with Crippen LogP contribution in [-0.2, 0) is 6.18 Å². The van der Waals surface area contributed by atoms with Gasteiger partial charge in [-0.05, 0) is 58.7 Å². The summed E-state index contributed by atoms with van der Waals surface area (Å²) in [4.78, 5) is 12.3. The molecule has 24 heavy (non-hydrogen) atoms. The molecule has 0 saturated heterocycles. The Balaban J connectivity index is 2.16. The van der Waals surface area contributed by atoms with Gasteiger partial charge in [0.05, 0.1) is 23.2 Å². The second kappa shape index (κ2) is 7.25. The van der Waals surface area contributed by atoms with Crippen molar-refractivity contribution in [1.82, 2.24) is 5.32 Å². The molecule has 0 fully saturated rings. The van der Waals surface area contributed by atoms with Gasteiger partial charge in [-0.25, -0.2) is 0 Å². The first kappa shape index (κ1) is 18.3. The number of carbonyl (C=O) groups is 1. The number of benzene rings is 2. The zero-order valence-electron chi connectivity index (χ0n) is 12.9. The number of hydrogen-bond acceptors (Lipinski definition) is 2. The quantitative estimate of drug-likeness (QED) is 0.785. The number of amides is 1. The van der Waals surface area contributed by atoms with E-state index in [1.54, 1.807) is 31.2 Å². The van der Waals surface area contributed by atoms with Crippen LogP contribution in [0.3, 0.4) is 0 Å². The highest BCUT2D eigenvalue weighted by molar-refractivity contribution is 9.10. The highest BCUT2D eigenvalue weighted by Crippen LogP contribution is 2.31. The topological polar surface area (TPSA) is 38.3 Å². The first-order chi connectivity index (χ1) is 11.2. The van der Waals surface area contributed by atoms with E-state index in [2.05, 4.69) is 21.2 Å². The van der Waals surface area contributed by atoms with Crippen molar-refractivity contribution >= 4 is 21.8 Å².